The molecule has 2 aromatic carbocycles. The van der Waals surface area contributed by atoms with E-state index in [4.69, 9.17) is 39.5 Å². The number of aliphatic hydroxyl groups is 1. The molecule has 136 valence electrons. The largest absolute Gasteiger partial charge is 0.457 e. The third-order valence-corrected chi connectivity index (χ3v) is 4.78. The standard InChI is InChI=1S/C18H15Cl3N2O3/c19-12-2-4-15-16(9-12)23(5-6-24)17(22-15)10-26-18(25)8-11-1-3-13(20)14(21)7-11/h1-4,7,9,24H,5-6,8,10H2. The number of ether oxygens (including phenoxy) is 1. The third kappa shape index (κ3) is 4.30. The third-order valence-electron chi connectivity index (χ3n) is 3.81. The highest BCUT2D eigenvalue weighted by molar-refractivity contribution is 6.42. The fourth-order valence-corrected chi connectivity index (χ4v) is 3.10. The van der Waals surface area contributed by atoms with Crippen molar-refractivity contribution in [3.8, 4) is 0 Å². The number of halogens is 3. The molecule has 0 aliphatic carbocycles. The minimum absolute atomic E-state index is 0.00749. The lowest BCUT2D eigenvalue weighted by Gasteiger charge is -2.09. The number of nitrogens with zero attached hydrogens (tertiary/aromatic N) is 2. The fourth-order valence-electron chi connectivity index (χ4n) is 2.62. The normalized spacial score (nSPS) is 11.1. The highest BCUT2D eigenvalue weighted by Crippen LogP contribution is 2.23. The van der Waals surface area contributed by atoms with Gasteiger partial charge in [0.15, 0.2) is 0 Å². The van der Waals surface area contributed by atoms with Crippen molar-refractivity contribution in [3.63, 3.8) is 0 Å². The summed E-state index contributed by atoms with van der Waals surface area (Å²) in [5.41, 5.74) is 2.21. The van der Waals surface area contributed by atoms with Crippen molar-refractivity contribution < 1.29 is 14.6 Å². The number of aromatic nitrogens is 2. The summed E-state index contributed by atoms with van der Waals surface area (Å²) in [5, 5.41) is 10.7. The van der Waals surface area contributed by atoms with Gasteiger partial charge in [-0.25, -0.2) is 4.98 Å². The minimum atomic E-state index is -0.413. The second kappa shape index (κ2) is 8.27. The van der Waals surface area contributed by atoms with Gasteiger partial charge in [0, 0.05) is 11.6 Å². The summed E-state index contributed by atoms with van der Waals surface area (Å²) in [6, 6.07) is 10.3. The molecule has 0 atom stereocenters. The van der Waals surface area contributed by atoms with E-state index in [2.05, 4.69) is 4.98 Å². The number of aliphatic hydroxyl groups excluding tert-OH is 1. The maximum atomic E-state index is 12.1. The number of benzene rings is 2. The molecule has 3 aromatic rings. The van der Waals surface area contributed by atoms with Crippen LogP contribution in [0.3, 0.4) is 0 Å². The van der Waals surface area contributed by atoms with Crippen molar-refractivity contribution in [1.29, 1.82) is 0 Å². The lowest BCUT2D eigenvalue weighted by Crippen LogP contribution is -2.13. The summed E-state index contributed by atoms with van der Waals surface area (Å²) in [6.45, 7) is 0.255. The van der Waals surface area contributed by atoms with Crippen LogP contribution >= 0.6 is 34.8 Å². The Morgan fingerprint density at radius 3 is 2.65 bits per heavy atom. The Bertz CT molecular complexity index is 956. The average Bonchev–Trinajstić information content (AvgIpc) is 2.94. The van der Waals surface area contributed by atoms with Crippen LogP contribution in [0.25, 0.3) is 11.0 Å². The summed E-state index contributed by atoms with van der Waals surface area (Å²) < 4.78 is 7.12. The first-order chi connectivity index (χ1) is 12.5. The molecule has 3 rings (SSSR count). The summed E-state index contributed by atoms with van der Waals surface area (Å²) in [7, 11) is 0. The van der Waals surface area contributed by atoms with Gasteiger partial charge in [0.2, 0.25) is 0 Å². The Morgan fingerprint density at radius 1 is 1.12 bits per heavy atom. The molecule has 8 heteroatoms. The van der Waals surface area contributed by atoms with Gasteiger partial charge in [-0.2, -0.15) is 0 Å². The van der Waals surface area contributed by atoms with Crippen LogP contribution in [0.2, 0.25) is 15.1 Å². The lowest BCUT2D eigenvalue weighted by molar-refractivity contribution is -0.144. The molecule has 5 nitrogen and oxygen atoms in total. The summed E-state index contributed by atoms with van der Waals surface area (Å²) in [4.78, 5) is 16.6. The molecule has 0 saturated carbocycles. The highest BCUT2D eigenvalue weighted by Gasteiger charge is 2.14. The van der Waals surface area contributed by atoms with Gasteiger partial charge in [0.25, 0.3) is 0 Å². The van der Waals surface area contributed by atoms with Crippen molar-refractivity contribution in [1.82, 2.24) is 9.55 Å². The Kier molecular flexibility index (Phi) is 6.04. The first-order valence-corrected chi connectivity index (χ1v) is 8.96. The van der Waals surface area contributed by atoms with E-state index >= 15 is 0 Å². The molecule has 0 unspecified atom stereocenters. The summed E-state index contributed by atoms with van der Waals surface area (Å²) in [6.07, 6.45) is 0.0724. The maximum absolute atomic E-state index is 12.1. The van der Waals surface area contributed by atoms with Crippen LogP contribution < -0.4 is 0 Å². The molecule has 0 bridgehead atoms. The number of rotatable bonds is 6. The van der Waals surface area contributed by atoms with Crippen molar-refractivity contribution in [2.75, 3.05) is 6.61 Å². The number of hydrogen-bond acceptors (Lipinski definition) is 4. The molecule has 26 heavy (non-hydrogen) atoms. The van der Waals surface area contributed by atoms with Gasteiger partial charge in [-0.05, 0) is 35.9 Å². The van der Waals surface area contributed by atoms with Gasteiger partial charge in [0.1, 0.15) is 12.4 Å². The van der Waals surface area contributed by atoms with E-state index in [1.165, 1.54) is 0 Å². The molecule has 0 radical (unpaired) electrons. The molecule has 0 amide bonds. The van der Waals surface area contributed by atoms with Gasteiger partial charge < -0.3 is 14.4 Å². The number of hydrogen-bond donors (Lipinski definition) is 1. The van der Waals surface area contributed by atoms with E-state index in [0.29, 0.717) is 33.0 Å². The van der Waals surface area contributed by atoms with E-state index < -0.39 is 5.97 Å². The van der Waals surface area contributed by atoms with Crippen LogP contribution in [0, 0.1) is 0 Å². The summed E-state index contributed by atoms with van der Waals surface area (Å²) in [5.74, 6) is 0.128. The zero-order valence-corrected chi connectivity index (χ0v) is 15.9. The van der Waals surface area contributed by atoms with Gasteiger partial charge in [-0.15, -0.1) is 0 Å². The van der Waals surface area contributed by atoms with E-state index in [1.807, 2.05) is 0 Å². The monoisotopic (exact) mass is 412 g/mol. The van der Waals surface area contributed by atoms with Crippen molar-refractivity contribution in [2.45, 2.75) is 19.6 Å². The van der Waals surface area contributed by atoms with Crippen LogP contribution in [0.1, 0.15) is 11.4 Å². The average molecular weight is 414 g/mol. The quantitative estimate of drug-likeness (QED) is 0.613. The Morgan fingerprint density at radius 2 is 1.92 bits per heavy atom. The van der Waals surface area contributed by atoms with E-state index in [0.717, 1.165) is 11.0 Å². The van der Waals surface area contributed by atoms with Gasteiger partial charge >= 0.3 is 5.97 Å². The SMILES string of the molecule is O=C(Cc1ccc(Cl)c(Cl)c1)OCc1nc2ccc(Cl)cc2n1CCO. The molecule has 0 aliphatic rings. The number of esters is 1. The number of imidazole rings is 1. The van der Waals surface area contributed by atoms with Crippen molar-refractivity contribution in [3.05, 3.63) is 62.9 Å². The second-order valence-corrected chi connectivity index (χ2v) is 6.87. The van der Waals surface area contributed by atoms with Crippen LogP contribution in [0.15, 0.2) is 36.4 Å². The topological polar surface area (TPSA) is 64.3 Å². The predicted octanol–water partition coefficient (Wildman–Crippen LogP) is 4.27. The number of fused-ring (bicyclic) bond motifs is 1. The van der Waals surface area contributed by atoms with Gasteiger partial charge in [-0.3, -0.25) is 4.79 Å². The first kappa shape index (κ1) is 19.0. The number of carbonyl (C=O) groups is 1. The van der Waals surface area contributed by atoms with E-state index in [-0.39, 0.29) is 19.6 Å². The molecule has 0 aliphatic heterocycles. The van der Waals surface area contributed by atoms with Gasteiger partial charge in [0.05, 0.1) is 34.1 Å². The van der Waals surface area contributed by atoms with Crippen LogP contribution in [-0.4, -0.2) is 27.2 Å². The van der Waals surface area contributed by atoms with Crippen LogP contribution in [0.5, 0.6) is 0 Å². The maximum Gasteiger partial charge on any atom is 0.310 e. The van der Waals surface area contributed by atoms with Crippen molar-refractivity contribution >= 4 is 51.8 Å². The van der Waals surface area contributed by atoms with Crippen LogP contribution in [-0.2, 0) is 29.1 Å². The highest BCUT2D eigenvalue weighted by atomic mass is 35.5. The summed E-state index contributed by atoms with van der Waals surface area (Å²) >= 11 is 17.9. The Hall–Kier alpha value is -1.79. The molecule has 1 heterocycles. The molecule has 0 saturated heterocycles. The lowest BCUT2D eigenvalue weighted by atomic mass is 10.1. The molecular formula is C18H15Cl3N2O3. The molecule has 0 spiro atoms. The molecule has 0 fully saturated rings. The Labute approximate surface area is 165 Å². The van der Waals surface area contributed by atoms with E-state index in [9.17, 15) is 9.90 Å². The smallest absolute Gasteiger partial charge is 0.310 e. The first-order valence-electron chi connectivity index (χ1n) is 7.83. The fraction of sp³-hybridized carbons (Fsp3) is 0.222. The molecule has 1 N–H and O–H groups in total. The molecular weight excluding hydrogens is 399 g/mol. The van der Waals surface area contributed by atoms with E-state index in [1.54, 1.807) is 41.0 Å². The van der Waals surface area contributed by atoms with Gasteiger partial charge in [-0.1, -0.05) is 40.9 Å². The predicted molar refractivity (Wildman–Crippen MR) is 102 cm³/mol. The number of carbonyl (C=O) groups excluding carboxylic acids is 1. The Balaban J connectivity index is 1.73. The van der Waals surface area contributed by atoms with Crippen LogP contribution in [0.4, 0.5) is 0 Å². The minimum Gasteiger partial charge on any atom is -0.457 e. The second-order valence-electron chi connectivity index (χ2n) is 5.62. The van der Waals surface area contributed by atoms with Crippen molar-refractivity contribution in [2.24, 2.45) is 0 Å². The zero-order chi connectivity index (χ0) is 18.7. The molecule has 1 aromatic heterocycles. The zero-order valence-electron chi connectivity index (χ0n) is 13.6.